The number of nitrogens with zero attached hydrogens (tertiary/aromatic N) is 1. The first-order valence-corrected chi connectivity index (χ1v) is 12.1. The molecule has 0 radical (unpaired) electrons. The lowest BCUT2D eigenvalue weighted by molar-refractivity contribution is -0.143. The number of guanidine groups is 1. The lowest BCUT2D eigenvalue weighted by Crippen LogP contribution is -2.57. The maximum atomic E-state index is 13.0. The van der Waals surface area contributed by atoms with E-state index in [9.17, 15) is 29.4 Å². The van der Waals surface area contributed by atoms with Crippen molar-refractivity contribution in [2.24, 2.45) is 28.1 Å². The molecule has 0 spiro atoms. The number of aliphatic carboxylic acids is 1. The fourth-order valence-corrected chi connectivity index (χ4v) is 3.37. The normalized spacial score (nSPS) is 14.8. The molecule has 206 valence electrons. The van der Waals surface area contributed by atoms with Crippen molar-refractivity contribution in [1.82, 2.24) is 16.0 Å². The highest BCUT2D eigenvalue weighted by molar-refractivity contribution is 5.94. The Hall–Kier alpha value is -3.87. The molecule has 13 heteroatoms. The molecule has 1 rings (SSSR count). The van der Waals surface area contributed by atoms with E-state index in [0.29, 0.717) is 18.4 Å². The van der Waals surface area contributed by atoms with E-state index >= 15 is 0 Å². The molecule has 0 bridgehead atoms. The number of nitrogens with two attached hydrogens (primary N) is 3. The maximum absolute atomic E-state index is 13.0. The number of carbonyl (C=O) groups excluding carboxylic acids is 3. The molecule has 1 aromatic carbocycles. The summed E-state index contributed by atoms with van der Waals surface area (Å²) in [5, 5.41) is 26.4. The SMILES string of the molecule is CCC(C)C(NC(=O)C(C)NC(=O)C(CCCN=C(N)N)NC(=O)C(N)Cc1ccc(O)cc1)C(=O)O. The van der Waals surface area contributed by atoms with E-state index in [1.807, 2.05) is 0 Å². The van der Waals surface area contributed by atoms with Gasteiger partial charge in [-0.25, -0.2) is 4.79 Å². The predicted octanol–water partition coefficient (Wildman–Crippen LogP) is -1.08. The molecule has 0 heterocycles. The second-order valence-electron chi connectivity index (χ2n) is 8.93. The third-order valence-electron chi connectivity index (χ3n) is 5.84. The van der Waals surface area contributed by atoms with Crippen molar-refractivity contribution in [1.29, 1.82) is 0 Å². The van der Waals surface area contributed by atoms with Crippen molar-refractivity contribution in [2.45, 2.75) is 70.6 Å². The van der Waals surface area contributed by atoms with E-state index in [4.69, 9.17) is 17.2 Å². The lowest BCUT2D eigenvalue weighted by atomic mass is 9.99. The van der Waals surface area contributed by atoms with Gasteiger partial charge in [0.1, 0.15) is 23.9 Å². The zero-order valence-electron chi connectivity index (χ0n) is 21.4. The number of hydrogen-bond acceptors (Lipinski definition) is 7. The molecule has 0 fully saturated rings. The Morgan fingerprint density at radius 3 is 2.14 bits per heavy atom. The van der Waals surface area contributed by atoms with Gasteiger partial charge >= 0.3 is 5.97 Å². The molecule has 0 aliphatic carbocycles. The second-order valence-corrected chi connectivity index (χ2v) is 8.93. The molecule has 5 unspecified atom stereocenters. The number of carbonyl (C=O) groups is 4. The van der Waals surface area contributed by atoms with Crippen LogP contribution in [0.2, 0.25) is 0 Å². The molecule has 13 nitrogen and oxygen atoms in total. The van der Waals surface area contributed by atoms with Crippen LogP contribution in [0, 0.1) is 5.92 Å². The van der Waals surface area contributed by atoms with Crippen LogP contribution < -0.4 is 33.2 Å². The van der Waals surface area contributed by atoms with Crippen molar-refractivity contribution in [3.05, 3.63) is 29.8 Å². The van der Waals surface area contributed by atoms with Gasteiger partial charge in [-0.1, -0.05) is 32.4 Å². The molecule has 37 heavy (non-hydrogen) atoms. The molecule has 5 atom stereocenters. The predicted molar refractivity (Wildman–Crippen MR) is 138 cm³/mol. The Morgan fingerprint density at radius 2 is 1.59 bits per heavy atom. The Bertz CT molecular complexity index is 949. The topological polar surface area (TPSA) is 235 Å². The van der Waals surface area contributed by atoms with Gasteiger partial charge in [-0.3, -0.25) is 19.4 Å². The van der Waals surface area contributed by atoms with Gasteiger partial charge < -0.3 is 43.4 Å². The van der Waals surface area contributed by atoms with Crippen LogP contribution in [0.1, 0.15) is 45.6 Å². The summed E-state index contributed by atoms with van der Waals surface area (Å²) in [6.07, 6.45) is 1.20. The number of amides is 3. The monoisotopic (exact) mass is 521 g/mol. The summed E-state index contributed by atoms with van der Waals surface area (Å²) >= 11 is 0. The number of phenols is 1. The first-order chi connectivity index (χ1) is 17.3. The van der Waals surface area contributed by atoms with Crippen molar-refractivity contribution >= 4 is 29.7 Å². The van der Waals surface area contributed by atoms with Crippen LogP contribution in [0.3, 0.4) is 0 Å². The zero-order valence-corrected chi connectivity index (χ0v) is 21.4. The van der Waals surface area contributed by atoms with Crippen molar-refractivity contribution in [3.8, 4) is 5.75 Å². The number of aromatic hydroxyl groups is 1. The standard InChI is InChI=1S/C24H39N7O6/c1-4-13(2)19(23(36)37)31-20(33)14(3)29-22(35)18(6-5-11-28-24(26)27)30-21(34)17(25)12-15-7-9-16(32)10-8-15/h7-10,13-14,17-19,32H,4-6,11-12,25H2,1-3H3,(H,29,35)(H,30,34)(H,31,33)(H,36,37)(H4,26,27,28). The fraction of sp³-hybridized carbons (Fsp3) is 0.542. The number of aliphatic imine (C=N–C) groups is 1. The fourth-order valence-electron chi connectivity index (χ4n) is 3.37. The summed E-state index contributed by atoms with van der Waals surface area (Å²) in [6.45, 7) is 5.14. The van der Waals surface area contributed by atoms with E-state index in [1.54, 1.807) is 26.0 Å². The molecule has 0 aliphatic heterocycles. The van der Waals surface area contributed by atoms with Crippen molar-refractivity contribution < 1.29 is 29.4 Å². The van der Waals surface area contributed by atoms with Gasteiger partial charge in [0, 0.05) is 6.54 Å². The largest absolute Gasteiger partial charge is 0.508 e. The molecular formula is C24H39N7O6. The highest BCUT2D eigenvalue weighted by Crippen LogP contribution is 2.11. The van der Waals surface area contributed by atoms with Gasteiger partial charge in [0.05, 0.1) is 6.04 Å². The van der Waals surface area contributed by atoms with Gasteiger partial charge in [0.2, 0.25) is 17.7 Å². The summed E-state index contributed by atoms with van der Waals surface area (Å²) in [5.41, 5.74) is 17.4. The Balaban J connectivity index is 2.87. The minimum absolute atomic E-state index is 0.0799. The highest BCUT2D eigenvalue weighted by Gasteiger charge is 2.30. The van der Waals surface area contributed by atoms with Crippen molar-refractivity contribution in [2.75, 3.05) is 6.54 Å². The number of benzene rings is 1. The third-order valence-corrected chi connectivity index (χ3v) is 5.84. The minimum Gasteiger partial charge on any atom is -0.508 e. The maximum Gasteiger partial charge on any atom is 0.326 e. The molecular weight excluding hydrogens is 482 g/mol. The van der Waals surface area contributed by atoms with E-state index in [0.717, 1.165) is 0 Å². The van der Waals surface area contributed by atoms with E-state index in [1.165, 1.54) is 19.1 Å². The van der Waals surface area contributed by atoms with Crippen LogP contribution in [-0.2, 0) is 25.6 Å². The van der Waals surface area contributed by atoms with Gasteiger partial charge in [-0.05, 0) is 49.8 Å². The minimum atomic E-state index is -1.17. The number of rotatable bonds is 15. The Labute approximate surface area is 216 Å². The van der Waals surface area contributed by atoms with Crippen LogP contribution in [0.5, 0.6) is 5.75 Å². The van der Waals surface area contributed by atoms with E-state index in [2.05, 4.69) is 20.9 Å². The van der Waals surface area contributed by atoms with Crippen LogP contribution in [0.25, 0.3) is 0 Å². The van der Waals surface area contributed by atoms with E-state index in [-0.39, 0.29) is 37.0 Å². The lowest BCUT2D eigenvalue weighted by Gasteiger charge is -2.25. The number of hydrogen-bond donors (Lipinski definition) is 8. The second kappa shape index (κ2) is 15.3. The van der Waals surface area contributed by atoms with Gasteiger partial charge in [0.25, 0.3) is 0 Å². The highest BCUT2D eigenvalue weighted by atomic mass is 16.4. The van der Waals surface area contributed by atoms with Crippen LogP contribution in [0.4, 0.5) is 0 Å². The molecule has 1 aromatic rings. The molecule has 0 saturated heterocycles. The van der Waals surface area contributed by atoms with Gasteiger partial charge in [-0.2, -0.15) is 0 Å². The molecule has 11 N–H and O–H groups in total. The molecule has 0 aliphatic rings. The summed E-state index contributed by atoms with van der Waals surface area (Å²) in [6, 6.07) is 2.01. The van der Waals surface area contributed by atoms with Crippen molar-refractivity contribution in [3.63, 3.8) is 0 Å². The average molecular weight is 522 g/mol. The summed E-state index contributed by atoms with van der Waals surface area (Å²) in [7, 11) is 0. The average Bonchev–Trinajstić information content (AvgIpc) is 2.84. The third kappa shape index (κ3) is 11.2. The molecule has 0 aromatic heterocycles. The Kier molecular flexibility index (Phi) is 12.9. The first kappa shape index (κ1) is 31.2. The van der Waals surface area contributed by atoms with Gasteiger partial charge in [-0.15, -0.1) is 0 Å². The van der Waals surface area contributed by atoms with E-state index < -0.39 is 47.9 Å². The zero-order chi connectivity index (χ0) is 28.1. The number of nitrogens with one attached hydrogen (secondary N) is 3. The van der Waals surface area contributed by atoms with Crippen LogP contribution in [-0.4, -0.2) is 70.6 Å². The quantitative estimate of drug-likeness (QED) is 0.0794. The molecule has 3 amide bonds. The number of phenolic OH excluding ortho intramolecular Hbond substituents is 1. The Morgan fingerprint density at radius 1 is 0.973 bits per heavy atom. The summed E-state index contributed by atoms with van der Waals surface area (Å²) in [4.78, 5) is 53.7. The summed E-state index contributed by atoms with van der Waals surface area (Å²) in [5.74, 6) is -3.42. The van der Waals surface area contributed by atoms with Crippen LogP contribution in [0.15, 0.2) is 29.3 Å². The first-order valence-electron chi connectivity index (χ1n) is 12.1. The van der Waals surface area contributed by atoms with Crippen LogP contribution >= 0.6 is 0 Å². The van der Waals surface area contributed by atoms with Gasteiger partial charge in [0.15, 0.2) is 5.96 Å². The number of carboxylic acids is 1. The molecule has 0 saturated carbocycles. The number of carboxylic acid groups (broad SMARTS) is 1. The summed E-state index contributed by atoms with van der Waals surface area (Å²) < 4.78 is 0. The smallest absolute Gasteiger partial charge is 0.326 e.